The van der Waals surface area contributed by atoms with Crippen LogP contribution in [0.25, 0.3) is 0 Å². The largest absolute Gasteiger partial charge is 0.336 e. The second kappa shape index (κ2) is 8.61. The fourth-order valence-electron chi connectivity index (χ4n) is 5.18. The number of fused-ring (bicyclic) bond motifs is 1. The van der Waals surface area contributed by atoms with E-state index < -0.39 is 0 Å². The third-order valence-corrected chi connectivity index (χ3v) is 7.44. The lowest BCUT2D eigenvalue weighted by atomic mass is 9.88. The number of hydrogen-bond donors (Lipinski definition) is 0. The predicted octanol–water partition coefficient (Wildman–Crippen LogP) is 3.13. The second-order valence-corrected chi connectivity index (χ2v) is 9.61. The standard InChI is InChI=1S/C22H28N6O2S/c1-14-17-7-8-19(29)28(11-15-5-3-2-4-6-15)21(17)24-20(23-14)16-9-10-27(12-16)22(30)18-13-31-26-25-18/h13,15-16H,2-12H2,1H3. The highest BCUT2D eigenvalue weighted by Crippen LogP contribution is 2.34. The molecule has 9 heteroatoms. The highest BCUT2D eigenvalue weighted by atomic mass is 32.1. The monoisotopic (exact) mass is 440 g/mol. The normalized spacial score (nSPS) is 22.1. The molecular weight excluding hydrogens is 412 g/mol. The molecule has 2 aliphatic heterocycles. The van der Waals surface area contributed by atoms with Gasteiger partial charge in [0.1, 0.15) is 11.6 Å². The first-order valence-corrected chi connectivity index (χ1v) is 12.2. The minimum atomic E-state index is -0.0833. The number of nitrogens with zero attached hydrogens (tertiary/aromatic N) is 6. The van der Waals surface area contributed by atoms with Crippen molar-refractivity contribution in [3.8, 4) is 0 Å². The zero-order chi connectivity index (χ0) is 21.4. The van der Waals surface area contributed by atoms with Crippen molar-refractivity contribution in [1.82, 2.24) is 24.5 Å². The number of aryl methyl sites for hydroxylation is 1. The van der Waals surface area contributed by atoms with E-state index >= 15 is 0 Å². The Balaban J connectivity index is 1.38. The van der Waals surface area contributed by atoms with Gasteiger partial charge < -0.3 is 4.90 Å². The van der Waals surface area contributed by atoms with Crippen LogP contribution in [0.5, 0.6) is 0 Å². The highest BCUT2D eigenvalue weighted by Gasteiger charge is 2.34. The number of carbonyl (C=O) groups excluding carboxylic acids is 2. The molecule has 164 valence electrons. The van der Waals surface area contributed by atoms with E-state index in [0.717, 1.165) is 35.9 Å². The van der Waals surface area contributed by atoms with Crippen molar-refractivity contribution in [3.05, 3.63) is 28.2 Å². The Morgan fingerprint density at radius 1 is 1.16 bits per heavy atom. The van der Waals surface area contributed by atoms with Crippen LogP contribution in [0.3, 0.4) is 0 Å². The quantitative estimate of drug-likeness (QED) is 0.725. The lowest BCUT2D eigenvalue weighted by molar-refractivity contribution is -0.119. The second-order valence-electron chi connectivity index (χ2n) is 9.00. The molecule has 3 aliphatic rings. The smallest absolute Gasteiger partial charge is 0.275 e. The fourth-order valence-corrected chi connectivity index (χ4v) is 5.61. The summed E-state index contributed by atoms with van der Waals surface area (Å²) in [7, 11) is 0. The molecule has 2 amide bonds. The van der Waals surface area contributed by atoms with Gasteiger partial charge in [0, 0.05) is 48.6 Å². The lowest BCUT2D eigenvalue weighted by Gasteiger charge is -2.33. The molecule has 5 rings (SSSR count). The molecule has 0 N–H and O–H groups in total. The summed E-state index contributed by atoms with van der Waals surface area (Å²) < 4.78 is 3.80. The predicted molar refractivity (Wildman–Crippen MR) is 117 cm³/mol. The Bertz CT molecular complexity index is 973. The summed E-state index contributed by atoms with van der Waals surface area (Å²) in [5.74, 6) is 2.31. The maximum absolute atomic E-state index is 12.8. The molecule has 1 saturated heterocycles. The number of amides is 2. The Labute approximate surface area is 186 Å². The van der Waals surface area contributed by atoms with Gasteiger partial charge in [-0.25, -0.2) is 9.97 Å². The molecule has 2 aromatic rings. The molecule has 0 radical (unpaired) electrons. The summed E-state index contributed by atoms with van der Waals surface area (Å²) in [6, 6.07) is 0. The van der Waals surface area contributed by atoms with Crippen LogP contribution >= 0.6 is 11.5 Å². The molecule has 2 aromatic heterocycles. The van der Waals surface area contributed by atoms with Crippen molar-refractivity contribution in [2.75, 3.05) is 24.5 Å². The van der Waals surface area contributed by atoms with Crippen LogP contribution < -0.4 is 4.90 Å². The van der Waals surface area contributed by atoms with Crippen molar-refractivity contribution in [2.24, 2.45) is 5.92 Å². The zero-order valence-electron chi connectivity index (χ0n) is 17.9. The van der Waals surface area contributed by atoms with E-state index in [4.69, 9.17) is 9.97 Å². The van der Waals surface area contributed by atoms with Gasteiger partial charge in [0.25, 0.3) is 5.91 Å². The van der Waals surface area contributed by atoms with Gasteiger partial charge in [0.05, 0.1) is 0 Å². The molecule has 1 aliphatic carbocycles. The Hall–Kier alpha value is -2.42. The maximum Gasteiger partial charge on any atom is 0.275 e. The van der Waals surface area contributed by atoms with Crippen LogP contribution in [0.2, 0.25) is 0 Å². The van der Waals surface area contributed by atoms with Gasteiger partial charge in [0.2, 0.25) is 5.91 Å². The molecular formula is C22H28N6O2S. The molecule has 0 spiro atoms. The van der Waals surface area contributed by atoms with E-state index in [1.54, 1.807) is 5.38 Å². The van der Waals surface area contributed by atoms with Crippen molar-refractivity contribution in [2.45, 2.75) is 64.2 Å². The van der Waals surface area contributed by atoms with Crippen LogP contribution in [0, 0.1) is 12.8 Å². The number of carbonyl (C=O) groups is 2. The Morgan fingerprint density at radius 3 is 2.77 bits per heavy atom. The van der Waals surface area contributed by atoms with Crippen LogP contribution in [-0.2, 0) is 11.2 Å². The van der Waals surface area contributed by atoms with E-state index in [2.05, 4.69) is 9.59 Å². The minimum absolute atomic E-state index is 0.0769. The third-order valence-electron chi connectivity index (χ3n) is 6.94. The van der Waals surface area contributed by atoms with Gasteiger partial charge in [-0.1, -0.05) is 23.8 Å². The van der Waals surface area contributed by atoms with Gasteiger partial charge >= 0.3 is 0 Å². The van der Waals surface area contributed by atoms with E-state index in [1.807, 2.05) is 16.7 Å². The molecule has 1 atom stereocenters. The summed E-state index contributed by atoms with van der Waals surface area (Å²) >= 11 is 1.19. The topological polar surface area (TPSA) is 92.2 Å². The van der Waals surface area contributed by atoms with Crippen LogP contribution in [0.4, 0.5) is 5.82 Å². The van der Waals surface area contributed by atoms with E-state index in [0.29, 0.717) is 37.5 Å². The molecule has 1 saturated carbocycles. The minimum Gasteiger partial charge on any atom is -0.336 e. The summed E-state index contributed by atoms with van der Waals surface area (Å²) in [5.41, 5.74) is 2.48. The van der Waals surface area contributed by atoms with Gasteiger partial charge in [-0.05, 0) is 50.1 Å². The van der Waals surface area contributed by atoms with Crippen LogP contribution in [-0.4, -0.2) is 55.9 Å². The number of aromatic nitrogens is 4. The number of hydrogen-bond acceptors (Lipinski definition) is 7. The molecule has 1 unspecified atom stereocenters. The first kappa shape index (κ1) is 20.5. The van der Waals surface area contributed by atoms with Gasteiger partial charge in [-0.15, -0.1) is 5.10 Å². The van der Waals surface area contributed by atoms with Crippen molar-refractivity contribution >= 4 is 29.2 Å². The molecule has 2 fully saturated rings. The molecule has 31 heavy (non-hydrogen) atoms. The van der Waals surface area contributed by atoms with Crippen molar-refractivity contribution in [1.29, 1.82) is 0 Å². The number of anilines is 1. The van der Waals surface area contributed by atoms with Crippen molar-refractivity contribution in [3.63, 3.8) is 0 Å². The van der Waals surface area contributed by atoms with Gasteiger partial charge in [-0.3, -0.25) is 14.5 Å². The summed E-state index contributed by atoms with van der Waals surface area (Å²) in [4.78, 5) is 39.0. The number of likely N-dealkylation sites (tertiary alicyclic amines) is 1. The average Bonchev–Trinajstić information content (AvgIpc) is 3.48. The lowest BCUT2D eigenvalue weighted by Crippen LogP contribution is -2.40. The first-order valence-electron chi connectivity index (χ1n) is 11.3. The fraction of sp³-hybridized carbons (Fsp3) is 0.636. The summed E-state index contributed by atoms with van der Waals surface area (Å²) in [5, 5.41) is 5.59. The Morgan fingerprint density at radius 2 is 2.00 bits per heavy atom. The molecule has 0 bridgehead atoms. The van der Waals surface area contributed by atoms with E-state index in [-0.39, 0.29) is 17.7 Å². The van der Waals surface area contributed by atoms with Gasteiger partial charge in [0.15, 0.2) is 5.69 Å². The van der Waals surface area contributed by atoms with E-state index in [1.165, 1.54) is 43.6 Å². The van der Waals surface area contributed by atoms with Crippen molar-refractivity contribution < 1.29 is 9.59 Å². The maximum atomic E-state index is 12.8. The Kier molecular flexibility index (Phi) is 5.69. The summed E-state index contributed by atoms with van der Waals surface area (Å²) in [6.07, 6.45) is 8.28. The highest BCUT2D eigenvalue weighted by molar-refractivity contribution is 7.03. The molecule has 4 heterocycles. The average molecular weight is 441 g/mol. The first-order chi connectivity index (χ1) is 15.1. The zero-order valence-corrected chi connectivity index (χ0v) is 18.7. The third kappa shape index (κ3) is 4.07. The molecule has 0 aromatic carbocycles. The number of rotatable bonds is 4. The van der Waals surface area contributed by atoms with Crippen LogP contribution in [0.15, 0.2) is 5.38 Å². The molecule has 8 nitrogen and oxygen atoms in total. The van der Waals surface area contributed by atoms with E-state index in [9.17, 15) is 9.59 Å². The SMILES string of the molecule is Cc1nc(C2CCN(C(=O)c3csnn3)C2)nc2c1CCC(=O)N2CC1CCCCC1. The van der Waals surface area contributed by atoms with Gasteiger partial charge in [-0.2, -0.15) is 0 Å². The summed E-state index contributed by atoms with van der Waals surface area (Å²) in [6.45, 7) is 4.03. The van der Waals surface area contributed by atoms with Crippen LogP contribution in [0.1, 0.15) is 78.4 Å².